The molecule has 1 unspecified atom stereocenters. The second-order valence-corrected chi connectivity index (χ2v) is 6.91. The summed E-state index contributed by atoms with van der Waals surface area (Å²) in [6, 6.07) is 0.692. The average Bonchev–Trinajstić information content (AvgIpc) is 3.17. The molecule has 19 heavy (non-hydrogen) atoms. The zero-order valence-electron chi connectivity index (χ0n) is 11.8. The van der Waals surface area contributed by atoms with Gasteiger partial charge < -0.3 is 9.88 Å². The molecule has 3 nitrogen and oxygen atoms in total. The number of imidazole rings is 1. The molecule has 0 amide bonds. The summed E-state index contributed by atoms with van der Waals surface area (Å²) in [6.07, 6.45) is 16.6. The van der Waals surface area contributed by atoms with Gasteiger partial charge in [-0.2, -0.15) is 0 Å². The number of nitrogens with zero attached hydrogens (tertiary/aromatic N) is 2. The maximum atomic E-state index is 4.43. The molecule has 1 atom stereocenters. The van der Waals surface area contributed by atoms with E-state index in [9.17, 15) is 0 Å². The van der Waals surface area contributed by atoms with Crippen LogP contribution in [-0.4, -0.2) is 21.6 Å². The molecule has 1 saturated heterocycles. The molecule has 1 aromatic rings. The quantitative estimate of drug-likeness (QED) is 0.882. The van der Waals surface area contributed by atoms with Crippen LogP contribution in [-0.2, 0) is 0 Å². The lowest BCUT2D eigenvalue weighted by atomic mass is 9.75. The zero-order chi connectivity index (χ0) is 12.7. The fourth-order valence-corrected chi connectivity index (χ4v) is 4.29. The van der Waals surface area contributed by atoms with Crippen LogP contribution in [0, 0.1) is 0 Å². The molecule has 0 bridgehead atoms. The molecule has 3 fully saturated rings. The van der Waals surface area contributed by atoms with Crippen LogP contribution in [0.25, 0.3) is 0 Å². The molecule has 0 aromatic carbocycles. The SMILES string of the molecule is c1ncn(C2CCNC3(CCCCC3)C2)c1C1CC1. The van der Waals surface area contributed by atoms with Crippen molar-refractivity contribution in [1.82, 2.24) is 14.9 Å². The Morgan fingerprint density at radius 3 is 2.79 bits per heavy atom. The summed E-state index contributed by atoms with van der Waals surface area (Å²) in [4.78, 5) is 4.43. The van der Waals surface area contributed by atoms with Gasteiger partial charge in [0, 0.05) is 29.4 Å². The normalized spacial score (nSPS) is 30.6. The molecule has 2 saturated carbocycles. The number of aromatic nitrogens is 2. The van der Waals surface area contributed by atoms with Crippen molar-refractivity contribution >= 4 is 0 Å². The van der Waals surface area contributed by atoms with Crippen molar-refractivity contribution in [3.8, 4) is 0 Å². The second kappa shape index (κ2) is 4.62. The van der Waals surface area contributed by atoms with Gasteiger partial charge in [0.25, 0.3) is 0 Å². The van der Waals surface area contributed by atoms with Crippen LogP contribution in [0.15, 0.2) is 12.5 Å². The van der Waals surface area contributed by atoms with Gasteiger partial charge in [-0.25, -0.2) is 4.98 Å². The van der Waals surface area contributed by atoms with Gasteiger partial charge in [0.15, 0.2) is 0 Å². The van der Waals surface area contributed by atoms with Gasteiger partial charge in [-0.1, -0.05) is 19.3 Å². The highest BCUT2D eigenvalue weighted by Gasteiger charge is 2.38. The van der Waals surface area contributed by atoms with E-state index in [-0.39, 0.29) is 0 Å². The Morgan fingerprint density at radius 2 is 2.00 bits per heavy atom. The summed E-state index contributed by atoms with van der Waals surface area (Å²) in [5, 5.41) is 3.86. The van der Waals surface area contributed by atoms with E-state index in [1.54, 1.807) is 0 Å². The lowest BCUT2D eigenvalue weighted by molar-refractivity contribution is 0.145. The van der Waals surface area contributed by atoms with E-state index >= 15 is 0 Å². The Labute approximate surface area is 115 Å². The third-order valence-corrected chi connectivity index (χ3v) is 5.50. The van der Waals surface area contributed by atoms with Crippen molar-refractivity contribution < 1.29 is 0 Å². The van der Waals surface area contributed by atoms with E-state index in [0.29, 0.717) is 11.6 Å². The molecule has 3 aliphatic rings. The third-order valence-electron chi connectivity index (χ3n) is 5.50. The van der Waals surface area contributed by atoms with Gasteiger partial charge >= 0.3 is 0 Å². The van der Waals surface area contributed by atoms with Crippen molar-refractivity contribution in [3.63, 3.8) is 0 Å². The minimum absolute atomic E-state index is 0.451. The topological polar surface area (TPSA) is 29.9 Å². The lowest BCUT2D eigenvalue weighted by Crippen LogP contribution is -2.52. The van der Waals surface area contributed by atoms with Crippen LogP contribution in [0.2, 0.25) is 0 Å². The molecule has 1 aromatic heterocycles. The van der Waals surface area contributed by atoms with Crippen LogP contribution in [0.1, 0.15) is 75.4 Å². The summed E-state index contributed by atoms with van der Waals surface area (Å²) >= 11 is 0. The van der Waals surface area contributed by atoms with E-state index < -0.39 is 0 Å². The predicted octanol–water partition coefficient (Wildman–Crippen LogP) is 3.39. The van der Waals surface area contributed by atoms with E-state index in [1.807, 2.05) is 0 Å². The first-order valence-corrected chi connectivity index (χ1v) is 8.13. The number of rotatable bonds is 2. The minimum Gasteiger partial charge on any atom is -0.331 e. The van der Waals surface area contributed by atoms with Gasteiger partial charge in [0.05, 0.1) is 6.33 Å². The fraction of sp³-hybridized carbons (Fsp3) is 0.812. The van der Waals surface area contributed by atoms with E-state index in [2.05, 4.69) is 27.4 Å². The standard InChI is InChI=1S/C16H25N3/c1-2-7-16(8-3-1)10-14(6-9-18-16)19-12-17-11-15(19)13-4-5-13/h11-14,18H,1-10H2. The highest BCUT2D eigenvalue weighted by Crippen LogP contribution is 2.44. The molecule has 1 N–H and O–H groups in total. The van der Waals surface area contributed by atoms with Crippen LogP contribution >= 0.6 is 0 Å². The van der Waals surface area contributed by atoms with Crippen LogP contribution in [0.5, 0.6) is 0 Å². The van der Waals surface area contributed by atoms with Crippen molar-refractivity contribution in [2.75, 3.05) is 6.54 Å². The van der Waals surface area contributed by atoms with Gasteiger partial charge in [0.1, 0.15) is 0 Å². The van der Waals surface area contributed by atoms with Gasteiger partial charge in [-0.3, -0.25) is 0 Å². The first kappa shape index (κ1) is 12.0. The van der Waals surface area contributed by atoms with E-state index in [4.69, 9.17) is 0 Å². The van der Waals surface area contributed by atoms with E-state index in [0.717, 1.165) is 5.92 Å². The Morgan fingerprint density at radius 1 is 1.16 bits per heavy atom. The molecule has 104 valence electrons. The van der Waals surface area contributed by atoms with E-state index in [1.165, 1.54) is 70.0 Å². The molecule has 1 aliphatic heterocycles. The molecule has 0 radical (unpaired) electrons. The summed E-state index contributed by atoms with van der Waals surface area (Å²) in [5.74, 6) is 0.819. The first-order chi connectivity index (χ1) is 9.36. The van der Waals surface area contributed by atoms with Gasteiger partial charge in [-0.05, 0) is 45.1 Å². The molecular formula is C16H25N3. The predicted molar refractivity (Wildman–Crippen MR) is 76.3 cm³/mol. The Kier molecular flexibility index (Phi) is 2.91. The Hall–Kier alpha value is -0.830. The third kappa shape index (κ3) is 2.22. The molecular weight excluding hydrogens is 234 g/mol. The first-order valence-electron chi connectivity index (χ1n) is 8.13. The highest BCUT2D eigenvalue weighted by molar-refractivity contribution is 5.14. The fourth-order valence-electron chi connectivity index (χ4n) is 4.29. The Balaban J connectivity index is 1.55. The van der Waals surface area contributed by atoms with Gasteiger partial charge in [-0.15, -0.1) is 0 Å². The number of piperidine rings is 1. The number of hydrogen-bond acceptors (Lipinski definition) is 2. The van der Waals surface area contributed by atoms with Gasteiger partial charge in [0.2, 0.25) is 0 Å². The lowest BCUT2D eigenvalue weighted by Gasteiger charge is -2.45. The maximum Gasteiger partial charge on any atom is 0.0950 e. The molecule has 1 spiro atoms. The largest absolute Gasteiger partial charge is 0.331 e. The number of hydrogen-bond donors (Lipinski definition) is 1. The maximum absolute atomic E-state index is 4.43. The summed E-state index contributed by atoms with van der Waals surface area (Å²) in [5.41, 5.74) is 1.96. The highest BCUT2D eigenvalue weighted by atomic mass is 15.1. The number of nitrogens with one attached hydrogen (secondary N) is 1. The van der Waals surface area contributed by atoms with Crippen LogP contribution < -0.4 is 5.32 Å². The summed E-state index contributed by atoms with van der Waals surface area (Å²) in [7, 11) is 0. The van der Waals surface area contributed by atoms with Crippen LogP contribution in [0.4, 0.5) is 0 Å². The zero-order valence-corrected chi connectivity index (χ0v) is 11.8. The van der Waals surface area contributed by atoms with Crippen LogP contribution in [0.3, 0.4) is 0 Å². The molecule has 2 heterocycles. The summed E-state index contributed by atoms with van der Waals surface area (Å²) < 4.78 is 2.52. The minimum atomic E-state index is 0.451. The molecule has 2 aliphatic carbocycles. The monoisotopic (exact) mass is 259 g/mol. The molecule has 3 heteroatoms. The molecule has 4 rings (SSSR count). The Bertz CT molecular complexity index is 435. The van der Waals surface area contributed by atoms with Crippen molar-refractivity contribution in [2.24, 2.45) is 0 Å². The van der Waals surface area contributed by atoms with Crippen molar-refractivity contribution in [2.45, 2.75) is 75.3 Å². The van der Waals surface area contributed by atoms with Crippen molar-refractivity contribution in [3.05, 3.63) is 18.2 Å². The average molecular weight is 259 g/mol. The second-order valence-electron chi connectivity index (χ2n) is 6.91. The van der Waals surface area contributed by atoms with Crippen molar-refractivity contribution in [1.29, 1.82) is 0 Å². The summed E-state index contributed by atoms with van der Waals surface area (Å²) in [6.45, 7) is 1.19. The smallest absolute Gasteiger partial charge is 0.0950 e.